The zero-order valence-electron chi connectivity index (χ0n) is 17.3. The van der Waals surface area contributed by atoms with Gasteiger partial charge in [-0.3, -0.25) is 4.79 Å². The van der Waals surface area contributed by atoms with Crippen molar-refractivity contribution in [1.29, 1.82) is 0 Å². The number of amides is 1. The van der Waals surface area contributed by atoms with Gasteiger partial charge in [-0.15, -0.1) is 18.3 Å². The molecule has 29 heavy (non-hydrogen) atoms. The number of aromatic nitrogens is 1. The van der Waals surface area contributed by atoms with Crippen LogP contribution in [0.4, 0.5) is 5.69 Å². The van der Waals surface area contributed by atoms with Gasteiger partial charge in [0.2, 0.25) is 0 Å². The zero-order chi connectivity index (χ0) is 20.6. The van der Waals surface area contributed by atoms with E-state index in [4.69, 9.17) is 4.52 Å². The Bertz CT molecular complexity index is 887. The normalized spacial score (nSPS) is 10.1. The number of carbonyl (C=O) groups is 2. The molecule has 0 fully saturated rings. The van der Waals surface area contributed by atoms with Crippen molar-refractivity contribution >= 4 is 17.6 Å². The van der Waals surface area contributed by atoms with Crippen LogP contribution in [0, 0.1) is 12.3 Å². The van der Waals surface area contributed by atoms with Gasteiger partial charge in [-0.2, -0.15) is 24.3 Å². The van der Waals surface area contributed by atoms with Crippen molar-refractivity contribution in [1.82, 2.24) is 5.16 Å². The summed E-state index contributed by atoms with van der Waals surface area (Å²) in [5, 5.41) is 6.23. The summed E-state index contributed by atoms with van der Waals surface area (Å²) in [5.41, 5.74) is 1.64. The molecule has 3 aromatic rings. The maximum atomic E-state index is 11.9. The SMILES string of the molecule is CC(C)(C)c1c[c-]no1.COC(=O)c1ccc(C(=O)Nc2cc[c-]cc2)cc1.[K+]. The van der Waals surface area contributed by atoms with Crippen LogP contribution in [0.15, 0.2) is 59.1 Å². The van der Waals surface area contributed by atoms with E-state index < -0.39 is 5.97 Å². The van der Waals surface area contributed by atoms with E-state index in [0.717, 1.165) is 5.76 Å². The third-order valence-corrected chi connectivity index (χ3v) is 3.68. The summed E-state index contributed by atoms with van der Waals surface area (Å²) in [7, 11) is 1.31. The summed E-state index contributed by atoms with van der Waals surface area (Å²) in [6.45, 7) is 6.21. The number of benzene rings is 2. The van der Waals surface area contributed by atoms with E-state index in [0.29, 0.717) is 16.8 Å². The first kappa shape index (κ1) is 25.3. The minimum atomic E-state index is -0.425. The smallest absolute Gasteiger partial charge is 0.470 e. The number of rotatable bonds is 3. The van der Waals surface area contributed by atoms with Crippen molar-refractivity contribution in [3.8, 4) is 0 Å². The molecule has 7 heteroatoms. The fraction of sp³-hybridized carbons (Fsp3) is 0.227. The number of nitrogens with zero attached hydrogens (tertiary/aromatic N) is 1. The fourth-order valence-corrected chi connectivity index (χ4v) is 2.09. The van der Waals surface area contributed by atoms with Gasteiger partial charge in [0.05, 0.1) is 12.7 Å². The predicted molar refractivity (Wildman–Crippen MR) is 105 cm³/mol. The number of hydrogen-bond donors (Lipinski definition) is 1. The molecule has 0 bridgehead atoms. The molecule has 0 aliphatic carbocycles. The zero-order valence-corrected chi connectivity index (χ0v) is 20.4. The Balaban J connectivity index is 0.000000355. The third-order valence-electron chi connectivity index (χ3n) is 3.68. The van der Waals surface area contributed by atoms with Crippen molar-refractivity contribution in [3.63, 3.8) is 0 Å². The number of nitrogens with one attached hydrogen (secondary N) is 1. The van der Waals surface area contributed by atoms with Crippen LogP contribution in [-0.2, 0) is 10.2 Å². The monoisotopic (exact) mass is 417 g/mol. The molecule has 146 valence electrons. The molecule has 2 aromatic carbocycles. The molecule has 1 N–H and O–H groups in total. The molecule has 0 atom stereocenters. The fourth-order valence-electron chi connectivity index (χ4n) is 2.09. The summed E-state index contributed by atoms with van der Waals surface area (Å²) >= 11 is 0. The summed E-state index contributed by atoms with van der Waals surface area (Å²) in [5.74, 6) is 0.218. The Morgan fingerprint density at radius 3 is 2.07 bits per heavy atom. The van der Waals surface area contributed by atoms with Crippen molar-refractivity contribution in [2.75, 3.05) is 12.4 Å². The molecular formula is C22H22KN2O4-. The summed E-state index contributed by atoms with van der Waals surface area (Å²) < 4.78 is 9.48. The second-order valence-electron chi connectivity index (χ2n) is 6.88. The second kappa shape index (κ2) is 12.0. The molecule has 0 unspecified atom stereocenters. The Morgan fingerprint density at radius 1 is 1.03 bits per heavy atom. The summed E-state index contributed by atoms with van der Waals surface area (Å²) in [6.07, 6.45) is 2.62. The number of methoxy groups -OCH3 is 1. The van der Waals surface area contributed by atoms with E-state index in [2.05, 4.69) is 48.2 Å². The minimum Gasteiger partial charge on any atom is -0.470 e. The van der Waals surface area contributed by atoms with E-state index in [1.165, 1.54) is 7.11 Å². The first-order valence-electron chi connectivity index (χ1n) is 8.60. The van der Waals surface area contributed by atoms with Gasteiger partial charge in [-0.25, -0.2) is 9.95 Å². The van der Waals surface area contributed by atoms with E-state index >= 15 is 0 Å². The standard InChI is InChI=1S/C15H12NO3.C7H10NO.K/c1-19-15(18)12-9-7-11(8-10-12)14(17)16-13-5-3-2-4-6-13;1-7(2,3)6-4-5-8-9-6;/h3-10H,1H3,(H,16,17);4H,1-3H3;/q2*-1;+1. The van der Waals surface area contributed by atoms with Gasteiger partial charge in [0.15, 0.2) is 0 Å². The van der Waals surface area contributed by atoms with Gasteiger partial charge >= 0.3 is 57.4 Å². The minimum absolute atomic E-state index is 0. The number of hydrogen-bond acceptors (Lipinski definition) is 5. The maximum absolute atomic E-state index is 11.9. The van der Waals surface area contributed by atoms with Crippen LogP contribution in [0.25, 0.3) is 0 Å². The van der Waals surface area contributed by atoms with E-state index in [-0.39, 0.29) is 62.7 Å². The molecule has 0 aliphatic rings. The first-order valence-corrected chi connectivity index (χ1v) is 8.60. The van der Waals surface area contributed by atoms with Crippen LogP contribution in [0.3, 0.4) is 0 Å². The summed E-state index contributed by atoms with van der Waals surface area (Å²) in [6, 6.07) is 17.8. The largest absolute Gasteiger partial charge is 1.00 e. The molecule has 3 rings (SSSR count). The van der Waals surface area contributed by atoms with Crippen LogP contribution in [-0.4, -0.2) is 24.1 Å². The molecule has 0 spiro atoms. The van der Waals surface area contributed by atoms with E-state index in [1.807, 2.05) is 0 Å². The molecule has 0 aliphatic heterocycles. The Morgan fingerprint density at radius 2 is 1.62 bits per heavy atom. The molecule has 0 saturated carbocycles. The molecule has 0 saturated heterocycles. The van der Waals surface area contributed by atoms with Gasteiger partial charge in [-0.1, -0.05) is 26.5 Å². The summed E-state index contributed by atoms with van der Waals surface area (Å²) in [4.78, 5) is 23.2. The molecule has 0 radical (unpaired) electrons. The van der Waals surface area contributed by atoms with Crippen molar-refractivity contribution in [3.05, 3.63) is 83.7 Å². The third kappa shape index (κ3) is 8.24. The van der Waals surface area contributed by atoms with Crippen molar-refractivity contribution in [2.45, 2.75) is 26.2 Å². The van der Waals surface area contributed by atoms with Gasteiger partial charge in [0.25, 0.3) is 5.91 Å². The van der Waals surface area contributed by atoms with Gasteiger partial charge in [0.1, 0.15) is 0 Å². The number of anilines is 1. The predicted octanol–water partition coefficient (Wildman–Crippen LogP) is 1.30. The second-order valence-corrected chi connectivity index (χ2v) is 6.88. The van der Waals surface area contributed by atoms with Crippen LogP contribution in [0.5, 0.6) is 0 Å². The van der Waals surface area contributed by atoms with Gasteiger partial charge in [0, 0.05) is 5.56 Å². The Labute approximate surface area is 213 Å². The molecule has 1 heterocycles. The Kier molecular flexibility index (Phi) is 10.5. The van der Waals surface area contributed by atoms with Crippen LogP contribution in [0.1, 0.15) is 47.2 Å². The average molecular weight is 418 g/mol. The number of carbonyl (C=O) groups excluding carboxylic acids is 2. The van der Waals surface area contributed by atoms with E-state index in [1.54, 1.807) is 54.6 Å². The van der Waals surface area contributed by atoms with E-state index in [9.17, 15) is 9.59 Å². The molecule has 1 amide bonds. The quantitative estimate of drug-likeness (QED) is 0.395. The van der Waals surface area contributed by atoms with Crippen LogP contribution in [0.2, 0.25) is 0 Å². The maximum Gasteiger partial charge on any atom is 1.00 e. The van der Waals surface area contributed by atoms with Crippen LogP contribution < -0.4 is 56.7 Å². The number of esters is 1. The van der Waals surface area contributed by atoms with Gasteiger partial charge < -0.3 is 14.6 Å². The molecule has 1 aromatic heterocycles. The number of ether oxygens (including phenoxy) is 1. The molecular weight excluding hydrogens is 395 g/mol. The topological polar surface area (TPSA) is 81.4 Å². The van der Waals surface area contributed by atoms with Crippen molar-refractivity contribution in [2.24, 2.45) is 0 Å². The molecule has 6 nitrogen and oxygen atoms in total. The average Bonchev–Trinajstić information content (AvgIpc) is 3.24. The van der Waals surface area contributed by atoms with Crippen molar-refractivity contribution < 1.29 is 70.2 Å². The van der Waals surface area contributed by atoms with Crippen LogP contribution >= 0.6 is 0 Å². The van der Waals surface area contributed by atoms with Gasteiger partial charge in [-0.05, 0) is 35.4 Å². The Hall–Kier alpha value is -1.77. The first-order chi connectivity index (χ1) is 13.3.